The number of pyridine rings is 1. The molecule has 2 fully saturated rings. The van der Waals surface area contributed by atoms with Gasteiger partial charge >= 0.3 is 0 Å². The number of likely N-dealkylation sites (tertiary alicyclic amines) is 1. The van der Waals surface area contributed by atoms with Gasteiger partial charge in [0.1, 0.15) is 5.82 Å². The highest BCUT2D eigenvalue weighted by Gasteiger charge is 2.16. The third-order valence-electron chi connectivity index (χ3n) is 5.97. The molecule has 0 saturated carbocycles. The van der Waals surface area contributed by atoms with E-state index in [2.05, 4.69) is 45.5 Å². The van der Waals surface area contributed by atoms with Crippen LogP contribution in [0.5, 0.6) is 0 Å². The Labute approximate surface area is 210 Å². The molecule has 180 valence electrons. The molecule has 1 aromatic rings. The Morgan fingerprint density at radius 3 is 2.72 bits per heavy atom. The maximum atomic E-state index is 12.1. The number of likely N-dealkylation sites (N-methyl/N-ethyl adjacent to an activating group) is 1. The Bertz CT molecular complexity index is 722. The number of nitrogens with one attached hydrogen (secondary N) is 2. The van der Waals surface area contributed by atoms with Crippen molar-refractivity contribution in [3.63, 3.8) is 0 Å². The van der Waals surface area contributed by atoms with E-state index >= 15 is 0 Å². The van der Waals surface area contributed by atoms with Crippen LogP contribution in [0.25, 0.3) is 0 Å². The van der Waals surface area contributed by atoms with Crippen LogP contribution in [0, 0.1) is 0 Å². The zero-order chi connectivity index (χ0) is 21.9. The van der Waals surface area contributed by atoms with E-state index in [9.17, 15) is 4.79 Å². The first kappa shape index (κ1) is 26.6. The number of amides is 1. The molecule has 2 aliphatic rings. The lowest BCUT2D eigenvalue weighted by molar-refractivity contribution is -0.130. The van der Waals surface area contributed by atoms with E-state index in [1.807, 2.05) is 17.2 Å². The second-order valence-electron chi connectivity index (χ2n) is 8.48. The molecule has 3 rings (SSSR count). The van der Waals surface area contributed by atoms with Gasteiger partial charge in [0, 0.05) is 65.0 Å². The molecule has 8 nitrogen and oxygen atoms in total. The van der Waals surface area contributed by atoms with Gasteiger partial charge in [0.05, 0.1) is 6.54 Å². The highest BCUT2D eigenvalue weighted by molar-refractivity contribution is 14.0. The summed E-state index contributed by atoms with van der Waals surface area (Å²) in [6.07, 6.45) is 6.86. The monoisotopic (exact) mass is 557 g/mol. The van der Waals surface area contributed by atoms with Crippen LogP contribution in [-0.4, -0.2) is 86.1 Å². The van der Waals surface area contributed by atoms with Crippen LogP contribution >= 0.6 is 24.0 Å². The van der Waals surface area contributed by atoms with Crippen molar-refractivity contribution in [1.29, 1.82) is 0 Å². The molecule has 0 atom stereocenters. The molecule has 2 N–H and O–H groups in total. The standard InChI is InChI=1S/C23H39N7O.HI/c1-3-24-23(26-10-7-13-30-12-6-4-5-8-22(30)31)27-19-20-9-11-25-21(18-20)29-16-14-28(2)15-17-29;/h9,11,18H,3-8,10,12-17,19H2,1-2H3,(H2,24,26,27);1H. The maximum absolute atomic E-state index is 12.1. The number of hydrogen-bond donors (Lipinski definition) is 2. The van der Waals surface area contributed by atoms with Gasteiger partial charge in [-0.25, -0.2) is 9.98 Å². The summed E-state index contributed by atoms with van der Waals surface area (Å²) < 4.78 is 0. The highest BCUT2D eigenvalue weighted by Crippen LogP contribution is 2.15. The Hall–Kier alpha value is -1.62. The Kier molecular flexibility index (Phi) is 12.1. The Morgan fingerprint density at radius 1 is 1.12 bits per heavy atom. The lowest BCUT2D eigenvalue weighted by atomic mass is 10.2. The first-order chi connectivity index (χ1) is 15.2. The fraction of sp³-hybridized carbons (Fsp3) is 0.696. The van der Waals surface area contributed by atoms with E-state index in [4.69, 9.17) is 4.99 Å². The van der Waals surface area contributed by atoms with Gasteiger partial charge in [-0.1, -0.05) is 6.42 Å². The summed E-state index contributed by atoms with van der Waals surface area (Å²) in [5.41, 5.74) is 1.16. The molecule has 32 heavy (non-hydrogen) atoms. The van der Waals surface area contributed by atoms with Crippen molar-refractivity contribution in [2.75, 3.05) is 64.3 Å². The van der Waals surface area contributed by atoms with E-state index < -0.39 is 0 Å². The Balaban J connectivity index is 0.00000363. The first-order valence-corrected chi connectivity index (χ1v) is 11.8. The molecule has 1 amide bonds. The number of nitrogens with zero attached hydrogens (tertiary/aromatic N) is 5. The summed E-state index contributed by atoms with van der Waals surface area (Å²) >= 11 is 0. The second kappa shape index (κ2) is 14.5. The fourth-order valence-corrected chi connectivity index (χ4v) is 4.03. The highest BCUT2D eigenvalue weighted by atomic mass is 127. The number of aliphatic imine (C=N–C) groups is 1. The number of piperazine rings is 1. The molecule has 2 aliphatic heterocycles. The number of aromatic nitrogens is 1. The van der Waals surface area contributed by atoms with Gasteiger partial charge in [-0.2, -0.15) is 0 Å². The molecule has 0 unspecified atom stereocenters. The summed E-state index contributed by atoms with van der Waals surface area (Å²) in [7, 11) is 2.16. The van der Waals surface area contributed by atoms with E-state index in [0.29, 0.717) is 18.9 Å². The molecule has 9 heteroatoms. The second-order valence-corrected chi connectivity index (χ2v) is 8.48. The topological polar surface area (TPSA) is 76.1 Å². The van der Waals surface area contributed by atoms with Crippen molar-refractivity contribution in [2.45, 2.75) is 45.6 Å². The molecule has 0 bridgehead atoms. The quantitative estimate of drug-likeness (QED) is 0.221. The number of halogens is 1. The minimum absolute atomic E-state index is 0. The molecule has 3 heterocycles. The molecule has 0 radical (unpaired) electrons. The van der Waals surface area contributed by atoms with Gasteiger partial charge in [-0.3, -0.25) is 4.79 Å². The molecule has 0 spiro atoms. The third kappa shape index (κ3) is 8.73. The summed E-state index contributed by atoms with van der Waals surface area (Å²) in [6, 6.07) is 4.20. The Morgan fingerprint density at radius 2 is 1.94 bits per heavy atom. The molecule has 0 aliphatic carbocycles. The number of carbonyl (C=O) groups excluding carboxylic acids is 1. The van der Waals surface area contributed by atoms with Crippen LogP contribution in [0.4, 0.5) is 5.82 Å². The van der Waals surface area contributed by atoms with Crippen molar-refractivity contribution < 1.29 is 4.79 Å². The van der Waals surface area contributed by atoms with E-state index in [-0.39, 0.29) is 24.0 Å². The summed E-state index contributed by atoms with van der Waals surface area (Å²) in [5.74, 6) is 2.18. The maximum Gasteiger partial charge on any atom is 0.222 e. The first-order valence-electron chi connectivity index (χ1n) is 11.8. The van der Waals surface area contributed by atoms with Crippen LogP contribution in [0.2, 0.25) is 0 Å². The van der Waals surface area contributed by atoms with E-state index in [0.717, 1.165) is 89.0 Å². The minimum atomic E-state index is 0. The molecule has 2 saturated heterocycles. The predicted molar refractivity (Wildman–Crippen MR) is 142 cm³/mol. The van der Waals surface area contributed by atoms with Crippen molar-refractivity contribution in [3.8, 4) is 0 Å². The average Bonchev–Trinajstić information content (AvgIpc) is 2.99. The van der Waals surface area contributed by atoms with Crippen LogP contribution in [0.15, 0.2) is 23.3 Å². The number of anilines is 1. The van der Waals surface area contributed by atoms with Crippen molar-refractivity contribution >= 4 is 41.7 Å². The largest absolute Gasteiger partial charge is 0.357 e. The van der Waals surface area contributed by atoms with E-state index in [1.165, 1.54) is 6.42 Å². The molecular formula is C23H40IN7O. The van der Waals surface area contributed by atoms with E-state index in [1.54, 1.807) is 0 Å². The number of hydrogen-bond acceptors (Lipinski definition) is 5. The smallest absolute Gasteiger partial charge is 0.222 e. The number of rotatable bonds is 8. The van der Waals surface area contributed by atoms with Crippen molar-refractivity contribution in [3.05, 3.63) is 23.9 Å². The predicted octanol–water partition coefficient (Wildman–Crippen LogP) is 2.30. The molecule has 1 aromatic heterocycles. The van der Waals surface area contributed by atoms with Crippen LogP contribution in [0.1, 0.15) is 44.6 Å². The van der Waals surface area contributed by atoms with Crippen LogP contribution < -0.4 is 15.5 Å². The van der Waals surface area contributed by atoms with Crippen molar-refractivity contribution in [2.24, 2.45) is 4.99 Å². The third-order valence-corrected chi connectivity index (χ3v) is 5.97. The van der Waals surface area contributed by atoms with Crippen molar-refractivity contribution in [1.82, 2.24) is 25.4 Å². The van der Waals surface area contributed by atoms with Gasteiger partial charge in [0.15, 0.2) is 5.96 Å². The fourth-order valence-electron chi connectivity index (χ4n) is 4.03. The lowest BCUT2D eigenvalue weighted by Crippen LogP contribution is -2.44. The van der Waals surface area contributed by atoms with Gasteiger partial charge in [-0.15, -0.1) is 24.0 Å². The van der Waals surface area contributed by atoms with Crippen LogP contribution in [0.3, 0.4) is 0 Å². The van der Waals surface area contributed by atoms with Gasteiger partial charge in [0.2, 0.25) is 5.91 Å². The summed E-state index contributed by atoms with van der Waals surface area (Å²) in [4.78, 5) is 28.2. The number of carbonyl (C=O) groups is 1. The van der Waals surface area contributed by atoms with Gasteiger partial charge in [-0.05, 0) is 50.9 Å². The SMILES string of the molecule is CCNC(=NCc1ccnc(N2CCN(C)CC2)c1)NCCCN1CCCCCC1=O.I. The molecular weight excluding hydrogens is 517 g/mol. The van der Waals surface area contributed by atoms with Crippen LogP contribution in [-0.2, 0) is 11.3 Å². The zero-order valence-corrected chi connectivity index (χ0v) is 22.0. The number of guanidine groups is 1. The van der Waals surface area contributed by atoms with Gasteiger partial charge in [0.25, 0.3) is 0 Å². The normalized spacial score (nSPS) is 18.2. The average molecular weight is 558 g/mol. The summed E-state index contributed by atoms with van der Waals surface area (Å²) in [5, 5.41) is 6.73. The zero-order valence-electron chi connectivity index (χ0n) is 19.7. The summed E-state index contributed by atoms with van der Waals surface area (Å²) in [6.45, 7) is 10.2. The molecule has 0 aromatic carbocycles. The lowest BCUT2D eigenvalue weighted by Gasteiger charge is -2.33. The minimum Gasteiger partial charge on any atom is -0.357 e. The van der Waals surface area contributed by atoms with Gasteiger partial charge < -0.3 is 25.3 Å².